The number of H-pyrrole nitrogens is 1. The molecular weight excluding hydrogens is 268 g/mol. The Morgan fingerprint density at radius 1 is 1.38 bits per heavy atom. The highest BCUT2D eigenvalue weighted by atomic mass is 16.5. The van der Waals surface area contributed by atoms with Gasteiger partial charge in [0.2, 0.25) is 5.69 Å². The average Bonchev–Trinajstić information content (AvgIpc) is 3.03. The van der Waals surface area contributed by atoms with Crippen LogP contribution in [0, 0.1) is 6.57 Å². The molecule has 0 radical (unpaired) electrons. The number of hydrogen-bond acceptors (Lipinski definition) is 3. The second-order valence-electron chi connectivity index (χ2n) is 4.55. The molecule has 1 aromatic carbocycles. The van der Waals surface area contributed by atoms with Crippen LogP contribution in [0.2, 0.25) is 0 Å². The molecule has 2 aromatic heterocycles. The molecule has 104 valence electrons. The number of nitrogens with one attached hydrogen (secondary N) is 1. The van der Waals surface area contributed by atoms with Crippen molar-refractivity contribution >= 4 is 17.1 Å². The second kappa shape index (κ2) is 4.80. The summed E-state index contributed by atoms with van der Waals surface area (Å²) >= 11 is 0. The van der Waals surface area contributed by atoms with Crippen LogP contribution < -0.4 is 4.74 Å². The van der Waals surface area contributed by atoms with E-state index in [4.69, 9.17) is 11.3 Å². The maximum atomic E-state index is 11.7. The fraction of sp³-hybridized carbons (Fsp3) is 0.133. The highest BCUT2D eigenvalue weighted by molar-refractivity contribution is 6.06. The molecule has 3 rings (SSSR count). The Kier molecular flexibility index (Phi) is 2.95. The smallest absolute Gasteiger partial charge is 0.219 e. The maximum absolute atomic E-state index is 11.7. The minimum atomic E-state index is -0.170. The monoisotopic (exact) mass is 280 g/mol. The zero-order valence-electron chi connectivity index (χ0n) is 11.5. The average molecular weight is 280 g/mol. The number of carbonyl (C=O) groups is 1. The summed E-state index contributed by atoms with van der Waals surface area (Å²) in [5, 5.41) is 3.07. The molecule has 2 heterocycles. The summed E-state index contributed by atoms with van der Waals surface area (Å²) in [5.41, 5.74) is 2.00. The van der Waals surface area contributed by atoms with Gasteiger partial charge in [0.25, 0.3) is 0 Å². The van der Waals surface area contributed by atoms with E-state index in [0.29, 0.717) is 22.7 Å². The van der Waals surface area contributed by atoms with Gasteiger partial charge in [0.05, 0.1) is 19.2 Å². The van der Waals surface area contributed by atoms with Gasteiger partial charge in [-0.05, 0) is 31.2 Å². The normalized spacial score (nSPS) is 10.5. The molecule has 3 aromatic rings. The molecule has 0 saturated carbocycles. The predicted molar refractivity (Wildman–Crippen MR) is 77.8 cm³/mol. The molecule has 21 heavy (non-hydrogen) atoms. The summed E-state index contributed by atoms with van der Waals surface area (Å²) in [6, 6.07) is 7.42. The Labute approximate surface area is 120 Å². The van der Waals surface area contributed by atoms with Gasteiger partial charge < -0.3 is 4.74 Å². The summed E-state index contributed by atoms with van der Waals surface area (Å²) in [4.78, 5) is 19.5. The molecule has 0 aliphatic carbocycles. The molecule has 6 heteroatoms. The molecule has 0 atom stereocenters. The molecule has 1 N–H and O–H groups in total. The van der Waals surface area contributed by atoms with Crippen molar-refractivity contribution in [2.24, 2.45) is 0 Å². The Morgan fingerprint density at radius 2 is 2.10 bits per heavy atom. The van der Waals surface area contributed by atoms with Gasteiger partial charge in [0.15, 0.2) is 17.3 Å². The zero-order valence-corrected chi connectivity index (χ0v) is 11.5. The lowest BCUT2D eigenvalue weighted by molar-refractivity contribution is 0.102. The van der Waals surface area contributed by atoms with Crippen molar-refractivity contribution in [3.63, 3.8) is 0 Å². The predicted octanol–water partition coefficient (Wildman–Crippen LogP) is 3.09. The SMILES string of the molecule is [C-]#[N+]c1cn2[nH]c(-c3ccc(OC)cc3)nc2c1C(C)=O. The quantitative estimate of drug-likeness (QED) is 0.592. The van der Waals surface area contributed by atoms with E-state index in [2.05, 4.69) is 14.9 Å². The fourth-order valence-corrected chi connectivity index (χ4v) is 2.22. The van der Waals surface area contributed by atoms with Crippen molar-refractivity contribution in [1.82, 2.24) is 14.6 Å². The van der Waals surface area contributed by atoms with E-state index in [-0.39, 0.29) is 5.78 Å². The lowest BCUT2D eigenvalue weighted by Crippen LogP contribution is -1.91. The van der Waals surface area contributed by atoms with Crippen LogP contribution in [-0.2, 0) is 0 Å². The highest BCUT2D eigenvalue weighted by Gasteiger charge is 2.18. The molecule has 0 aliphatic heterocycles. The van der Waals surface area contributed by atoms with Gasteiger partial charge in [-0.25, -0.2) is 9.83 Å². The molecule has 0 saturated heterocycles. The van der Waals surface area contributed by atoms with Gasteiger partial charge in [-0.15, -0.1) is 0 Å². The first-order chi connectivity index (χ1) is 10.1. The van der Waals surface area contributed by atoms with E-state index in [1.54, 1.807) is 17.8 Å². The highest BCUT2D eigenvalue weighted by Crippen LogP contribution is 2.28. The molecule has 0 aliphatic rings. The van der Waals surface area contributed by atoms with E-state index in [9.17, 15) is 4.79 Å². The standard InChI is InChI=1S/C15H12N4O2/c1-9(20)13-12(16-2)8-19-15(13)17-14(18-19)10-4-6-11(21-3)7-5-10/h4-8H,1,3H3,(H,17,18). The second-order valence-corrected chi connectivity index (χ2v) is 4.55. The van der Waals surface area contributed by atoms with Gasteiger partial charge in [0, 0.05) is 11.8 Å². The van der Waals surface area contributed by atoms with Crippen molar-refractivity contribution in [2.45, 2.75) is 6.92 Å². The van der Waals surface area contributed by atoms with Crippen LogP contribution in [0.15, 0.2) is 30.5 Å². The number of aromatic nitrogens is 3. The number of ketones is 1. The first-order valence-corrected chi connectivity index (χ1v) is 6.28. The Balaban J connectivity index is 2.13. The first kappa shape index (κ1) is 12.9. The molecule has 0 fully saturated rings. The molecule has 0 amide bonds. The van der Waals surface area contributed by atoms with Crippen LogP contribution in [0.3, 0.4) is 0 Å². The Bertz CT molecular complexity index is 866. The number of hydrogen-bond donors (Lipinski definition) is 1. The number of Topliss-reactive ketones (excluding diaryl/α,β-unsaturated/α-hetero) is 1. The van der Waals surface area contributed by atoms with Crippen molar-refractivity contribution in [3.8, 4) is 17.1 Å². The van der Waals surface area contributed by atoms with Gasteiger partial charge in [-0.1, -0.05) is 0 Å². The summed E-state index contributed by atoms with van der Waals surface area (Å²) in [7, 11) is 1.61. The molecule has 0 spiro atoms. The van der Waals surface area contributed by atoms with Crippen molar-refractivity contribution in [3.05, 3.63) is 47.4 Å². The number of carbonyl (C=O) groups excluding carboxylic acids is 1. The minimum absolute atomic E-state index is 0.170. The summed E-state index contributed by atoms with van der Waals surface area (Å²) in [6.07, 6.45) is 1.58. The van der Waals surface area contributed by atoms with E-state index < -0.39 is 0 Å². The third kappa shape index (κ3) is 2.05. The minimum Gasteiger partial charge on any atom is -0.497 e. The molecule has 0 bridgehead atoms. The number of methoxy groups -OCH3 is 1. The lowest BCUT2D eigenvalue weighted by Gasteiger charge is -2.00. The number of fused-ring (bicyclic) bond motifs is 1. The number of ether oxygens (including phenoxy) is 1. The Morgan fingerprint density at radius 3 is 2.67 bits per heavy atom. The lowest BCUT2D eigenvalue weighted by atomic mass is 10.2. The Hall–Kier alpha value is -3.07. The zero-order chi connectivity index (χ0) is 15.0. The van der Waals surface area contributed by atoms with Crippen LogP contribution in [0.4, 0.5) is 5.69 Å². The van der Waals surface area contributed by atoms with Gasteiger partial charge in [-0.3, -0.25) is 14.4 Å². The third-order valence-corrected chi connectivity index (χ3v) is 3.24. The van der Waals surface area contributed by atoms with E-state index in [0.717, 1.165) is 11.3 Å². The number of aromatic amines is 1. The maximum Gasteiger partial charge on any atom is 0.219 e. The first-order valence-electron chi connectivity index (χ1n) is 6.28. The topological polar surface area (TPSA) is 63.8 Å². The number of benzene rings is 1. The van der Waals surface area contributed by atoms with Crippen molar-refractivity contribution < 1.29 is 9.53 Å². The van der Waals surface area contributed by atoms with Crippen molar-refractivity contribution in [2.75, 3.05) is 7.11 Å². The van der Waals surface area contributed by atoms with Crippen molar-refractivity contribution in [1.29, 1.82) is 0 Å². The van der Waals surface area contributed by atoms with E-state index in [1.165, 1.54) is 6.92 Å². The summed E-state index contributed by atoms with van der Waals surface area (Å²) in [6.45, 7) is 8.55. The van der Waals surface area contributed by atoms with E-state index >= 15 is 0 Å². The van der Waals surface area contributed by atoms with Gasteiger partial charge in [-0.2, -0.15) is 0 Å². The summed E-state index contributed by atoms with van der Waals surface area (Å²) in [5.74, 6) is 1.22. The number of nitrogens with zero attached hydrogens (tertiary/aromatic N) is 3. The van der Waals surface area contributed by atoms with Gasteiger partial charge >= 0.3 is 0 Å². The molecule has 0 unspecified atom stereocenters. The summed E-state index contributed by atoms with van der Waals surface area (Å²) < 4.78 is 6.72. The van der Waals surface area contributed by atoms with Crippen LogP contribution in [0.5, 0.6) is 5.75 Å². The van der Waals surface area contributed by atoms with Crippen LogP contribution >= 0.6 is 0 Å². The number of rotatable bonds is 3. The van der Waals surface area contributed by atoms with E-state index in [1.807, 2.05) is 24.3 Å². The third-order valence-electron chi connectivity index (χ3n) is 3.24. The molecule has 6 nitrogen and oxygen atoms in total. The van der Waals surface area contributed by atoms with Crippen LogP contribution in [0.25, 0.3) is 21.9 Å². The van der Waals surface area contributed by atoms with Crippen LogP contribution in [0.1, 0.15) is 17.3 Å². The largest absolute Gasteiger partial charge is 0.497 e. The fourth-order valence-electron chi connectivity index (χ4n) is 2.22. The van der Waals surface area contributed by atoms with Gasteiger partial charge in [0.1, 0.15) is 5.75 Å². The van der Waals surface area contributed by atoms with Crippen LogP contribution in [-0.4, -0.2) is 27.5 Å². The molecular formula is C15H12N4O2.